The molecule has 1 saturated heterocycles. The first-order chi connectivity index (χ1) is 16.2. The highest BCUT2D eigenvalue weighted by atomic mass is 32.2. The fourth-order valence-electron chi connectivity index (χ4n) is 3.53. The van der Waals surface area contributed by atoms with Crippen LogP contribution >= 0.6 is 0 Å². The molecule has 0 aliphatic carbocycles. The van der Waals surface area contributed by atoms with Gasteiger partial charge >= 0.3 is 0 Å². The number of primary sulfonamides is 1. The average Bonchev–Trinajstić information content (AvgIpc) is 2.81. The van der Waals surface area contributed by atoms with Crippen LogP contribution in [-0.2, 0) is 21.2 Å². The average molecular weight is 486 g/mol. The molecule has 1 aliphatic heterocycles. The largest absolute Gasteiger partial charge is 0.507 e. The van der Waals surface area contributed by atoms with Crippen LogP contribution in [0.15, 0.2) is 65.1 Å². The van der Waals surface area contributed by atoms with Crippen molar-refractivity contribution in [3.8, 4) is 5.75 Å². The van der Waals surface area contributed by atoms with Gasteiger partial charge in [-0.2, -0.15) is 5.10 Å². The highest BCUT2D eigenvalue weighted by Crippen LogP contribution is 2.21. The lowest BCUT2D eigenvalue weighted by Crippen LogP contribution is -2.50. The van der Waals surface area contributed by atoms with Crippen molar-refractivity contribution in [2.24, 2.45) is 10.2 Å². The van der Waals surface area contributed by atoms with Gasteiger partial charge in [0.25, 0.3) is 11.8 Å². The van der Waals surface area contributed by atoms with Gasteiger partial charge in [0.05, 0.1) is 17.7 Å². The Balaban J connectivity index is 1.47. The van der Waals surface area contributed by atoms with Gasteiger partial charge in [-0.1, -0.05) is 18.2 Å². The standard InChI is InChI=1S/C23H27N5O5S/c1-2-4-17-5-3-6-19(22(17)30)15-25-26-21(29)16-27-11-13-28(14-12-27)23(31)18-7-9-20(10-8-18)34(24,32)33/h2-3,5-10,15,30H,1,4,11-14,16H2,(H,26,29)(H2,24,32,33). The number of amides is 2. The third kappa shape index (κ3) is 6.50. The molecular formula is C23H27N5O5S. The van der Waals surface area contributed by atoms with Gasteiger partial charge in [0.15, 0.2) is 0 Å². The Hall–Kier alpha value is -3.54. The van der Waals surface area contributed by atoms with Gasteiger partial charge in [0.2, 0.25) is 10.0 Å². The number of nitrogens with zero attached hydrogens (tertiary/aromatic N) is 3. The molecule has 34 heavy (non-hydrogen) atoms. The first-order valence-electron chi connectivity index (χ1n) is 10.6. The molecule has 0 aromatic heterocycles. The molecule has 1 fully saturated rings. The number of benzene rings is 2. The lowest BCUT2D eigenvalue weighted by molar-refractivity contribution is -0.122. The Morgan fingerprint density at radius 3 is 2.41 bits per heavy atom. The summed E-state index contributed by atoms with van der Waals surface area (Å²) in [5.41, 5.74) is 4.03. The maximum Gasteiger partial charge on any atom is 0.254 e. The van der Waals surface area contributed by atoms with Crippen LogP contribution in [0.5, 0.6) is 5.75 Å². The second-order valence-electron chi connectivity index (χ2n) is 7.78. The molecule has 0 atom stereocenters. The van der Waals surface area contributed by atoms with Gasteiger partial charge in [-0.25, -0.2) is 19.0 Å². The van der Waals surface area contributed by atoms with Crippen LogP contribution in [0.25, 0.3) is 0 Å². The Morgan fingerprint density at radius 1 is 1.12 bits per heavy atom. The molecule has 1 heterocycles. The van der Waals surface area contributed by atoms with Crippen molar-refractivity contribution in [1.29, 1.82) is 0 Å². The van der Waals surface area contributed by atoms with Gasteiger partial charge < -0.3 is 10.0 Å². The first-order valence-corrected chi connectivity index (χ1v) is 12.1. The summed E-state index contributed by atoms with van der Waals surface area (Å²) in [5, 5.41) is 19.2. The SMILES string of the molecule is C=CCc1cccc(C=NNC(=O)CN2CCN(C(=O)c3ccc(S(N)(=O)=O)cc3)CC2)c1O. The molecular weight excluding hydrogens is 458 g/mol. The minimum absolute atomic E-state index is 0.0535. The number of nitrogens with two attached hydrogens (primary N) is 1. The second-order valence-corrected chi connectivity index (χ2v) is 9.34. The predicted molar refractivity (Wildman–Crippen MR) is 128 cm³/mol. The van der Waals surface area contributed by atoms with E-state index < -0.39 is 10.0 Å². The van der Waals surface area contributed by atoms with Crippen LogP contribution in [-0.4, -0.2) is 74.1 Å². The fraction of sp³-hybridized carbons (Fsp3) is 0.261. The number of phenolic OH excluding ortho intramolecular Hbond substituents is 1. The summed E-state index contributed by atoms with van der Waals surface area (Å²) in [5.74, 6) is -0.426. The zero-order valence-electron chi connectivity index (χ0n) is 18.6. The number of hydrazone groups is 1. The van der Waals surface area contributed by atoms with E-state index in [1.165, 1.54) is 30.5 Å². The van der Waals surface area contributed by atoms with E-state index in [1.807, 2.05) is 4.90 Å². The molecule has 2 aromatic carbocycles. The normalized spacial score (nSPS) is 14.8. The number of hydrogen-bond donors (Lipinski definition) is 3. The summed E-state index contributed by atoms with van der Waals surface area (Å²) in [4.78, 5) is 28.4. The topological polar surface area (TPSA) is 145 Å². The van der Waals surface area contributed by atoms with Crippen LogP contribution < -0.4 is 10.6 Å². The van der Waals surface area contributed by atoms with Crippen LogP contribution in [0.4, 0.5) is 0 Å². The van der Waals surface area contributed by atoms with Crippen molar-refractivity contribution in [3.05, 3.63) is 71.8 Å². The monoisotopic (exact) mass is 485 g/mol. The summed E-state index contributed by atoms with van der Waals surface area (Å²) in [6.07, 6.45) is 3.60. The van der Waals surface area contributed by atoms with E-state index in [1.54, 1.807) is 29.2 Å². The zero-order chi connectivity index (χ0) is 24.7. The molecule has 11 heteroatoms. The van der Waals surface area contributed by atoms with Crippen LogP contribution in [0.1, 0.15) is 21.5 Å². The minimum Gasteiger partial charge on any atom is -0.507 e. The van der Waals surface area contributed by atoms with E-state index in [9.17, 15) is 23.1 Å². The maximum atomic E-state index is 12.7. The Bertz CT molecular complexity index is 1190. The van der Waals surface area contributed by atoms with Crippen LogP contribution in [0, 0.1) is 0 Å². The molecule has 2 aromatic rings. The van der Waals surface area contributed by atoms with Crippen molar-refractivity contribution in [3.63, 3.8) is 0 Å². The number of hydrogen-bond acceptors (Lipinski definition) is 7. The zero-order valence-corrected chi connectivity index (χ0v) is 19.4. The number of sulfonamides is 1. The number of rotatable bonds is 8. The van der Waals surface area contributed by atoms with E-state index in [0.717, 1.165) is 5.56 Å². The van der Waals surface area contributed by atoms with E-state index in [2.05, 4.69) is 17.1 Å². The summed E-state index contributed by atoms with van der Waals surface area (Å²) in [7, 11) is -3.81. The lowest BCUT2D eigenvalue weighted by atomic mass is 10.1. The quantitative estimate of drug-likeness (QED) is 0.285. The van der Waals surface area contributed by atoms with Gasteiger partial charge in [-0.05, 0) is 42.3 Å². The molecule has 10 nitrogen and oxygen atoms in total. The highest BCUT2D eigenvalue weighted by Gasteiger charge is 2.23. The highest BCUT2D eigenvalue weighted by molar-refractivity contribution is 7.89. The number of allylic oxidation sites excluding steroid dienone is 1. The van der Waals surface area contributed by atoms with Gasteiger partial charge in [-0.15, -0.1) is 6.58 Å². The molecule has 4 N–H and O–H groups in total. The van der Waals surface area contributed by atoms with E-state index in [0.29, 0.717) is 43.7 Å². The van der Waals surface area contributed by atoms with Crippen molar-refractivity contribution >= 4 is 28.1 Å². The number of carbonyl (C=O) groups is 2. The smallest absolute Gasteiger partial charge is 0.254 e. The molecule has 3 rings (SSSR count). The third-order valence-electron chi connectivity index (χ3n) is 5.36. The van der Waals surface area contributed by atoms with Gasteiger partial charge in [-0.3, -0.25) is 14.5 Å². The number of aromatic hydroxyl groups is 1. The van der Waals surface area contributed by atoms with Crippen LogP contribution in [0.2, 0.25) is 0 Å². The molecule has 180 valence electrons. The van der Waals surface area contributed by atoms with Crippen molar-refractivity contribution in [2.75, 3.05) is 32.7 Å². The van der Waals surface area contributed by atoms with Crippen molar-refractivity contribution in [1.82, 2.24) is 15.2 Å². The molecule has 0 unspecified atom stereocenters. The summed E-state index contributed by atoms with van der Waals surface area (Å²) in [6, 6.07) is 10.7. The summed E-state index contributed by atoms with van der Waals surface area (Å²) < 4.78 is 22.7. The first kappa shape index (κ1) is 25.1. The summed E-state index contributed by atoms with van der Waals surface area (Å²) in [6.45, 7) is 5.63. The van der Waals surface area contributed by atoms with Crippen molar-refractivity contribution in [2.45, 2.75) is 11.3 Å². The molecule has 2 amide bonds. The number of nitrogens with one attached hydrogen (secondary N) is 1. The number of para-hydroxylation sites is 1. The number of phenols is 1. The van der Waals surface area contributed by atoms with E-state index >= 15 is 0 Å². The van der Waals surface area contributed by atoms with Crippen molar-refractivity contribution < 1.29 is 23.1 Å². The Kier molecular flexibility index (Phi) is 8.16. The Labute approximate surface area is 198 Å². The molecule has 0 radical (unpaired) electrons. The van der Waals surface area contributed by atoms with E-state index in [4.69, 9.17) is 5.14 Å². The fourth-order valence-corrected chi connectivity index (χ4v) is 4.04. The number of carbonyl (C=O) groups excluding carboxylic acids is 2. The summed E-state index contributed by atoms with van der Waals surface area (Å²) >= 11 is 0. The van der Waals surface area contributed by atoms with Gasteiger partial charge in [0, 0.05) is 37.3 Å². The lowest BCUT2D eigenvalue weighted by Gasteiger charge is -2.34. The third-order valence-corrected chi connectivity index (χ3v) is 6.29. The second kappa shape index (κ2) is 11.1. The molecule has 0 bridgehead atoms. The minimum atomic E-state index is -3.81. The predicted octanol–water partition coefficient (Wildman–Crippen LogP) is 0.676. The molecule has 0 saturated carbocycles. The number of piperazine rings is 1. The molecule has 0 spiro atoms. The maximum absolute atomic E-state index is 12.7. The molecule has 1 aliphatic rings. The van der Waals surface area contributed by atoms with E-state index in [-0.39, 0.29) is 29.0 Å². The van der Waals surface area contributed by atoms with Crippen LogP contribution in [0.3, 0.4) is 0 Å². The Morgan fingerprint density at radius 2 is 1.79 bits per heavy atom. The van der Waals surface area contributed by atoms with Gasteiger partial charge in [0.1, 0.15) is 5.75 Å².